The predicted octanol–water partition coefficient (Wildman–Crippen LogP) is 0.0413. The predicted molar refractivity (Wildman–Crippen MR) is 72.1 cm³/mol. The average molecular weight is 233 g/mol. The average Bonchev–Trinajstić information content (AvgIpc) is 2.29. The van der Waals surface area contributed by atoms with Crippen LogP contribution in [0.2, 0.25) is 13.1 Å². The van der Waals surface area contributed by atoms with E-state index in [0.29, 0.717) is 0 Å². The molecule has 0 spiro atoms. The van der Waals surface area contributed by atoms with Crippen molar-refractivity contribution < 1.29 is 18.9 Å². The molecule has 1 nitrogen and oxygen atoms in total. The van der Waals surface area contributed by atoms with E-state index in [-0.39, 0.29) is 18.9 Å². The van der Waals surface area contributed by atoms with Gasteiger partial charge in [-0.25, -0.2) is 0 Å². The number of hydrogen-bond acceptors (Lipinski definition) is 1. The van der Waals surface area contributed by atoms with Crippen LogP contribution in [0.4, 0.5) is 0 Å². The molecular weight excluding hydrogens is 217 g/mol. The van der Waals surface area contributed by atoms with Crippen LogP contribution in [0.1, 0.15) is 0 Å². The van der Waals surface area contributed by atoms with E-state index in [1.165, 1.54) is 11.1 Å². The Morgan fingerprint density at radius 1 is 1.00 bits per heavy atom. The zero-order chi connectivity index (χ0) is 11.6. The minimum absolute atomic E-state index is 0. The van der Waals surface area contributed by atoms with Gasteiger partial charge in [-0.2, -0.15) is 0 Å². The first-order valence-electron chi connectivity index (χ1n) is 5.45. The monoisotopic (exact) mass is 233 g/mol. The quantitative estimate of drug-likeness (QED) is 0.527. The van der Waals surface area contributed by atoms with Crippen LogP contribution < -0.4 is 24.2 Å². The molecule has 82 valence electrons. The second-order valence-electron chi connectivity index (χ2n) is 4.68. The van der Waals surface area contributed by atoms with Gasteiger partial charge >= 0.3 is 18.9 Å². The van der Waals surface area contributed by atoms with Gasteiger partial charge in [0.25, 0.3) is 0 Å². The Balaban J connectivity index is 0.00000144. The van der Waals surface area contributed by atoms with E-state index in [1.807, 2.05) is 12.3 Å². The Morgan fingerprint density at radius 3 is 2.24 bits per heavy atom. The minimum atomic E-state index is -1.56. The normalized spacial score (nSPS) is 10.8. The Labute approximate surface area is 116 Å². The van der Waals surface area contributed by atoms with Crippen molar-refractivity contribution in [1.29, 1.82) is 0 Å². The van der Waals surface area contributed by atoms with Crippen LogP contribution in [0.5, 0.6) is 0 Å². The van der Waals surface area contributed by atoms with E-state index < -0.39 is 8.07 Å². The third kappa shape index (κ3) is 3.57. The van der Waals surface area contributed by atoms with Gasteiger partial charge in [0, 0.05) is 6.20 Å². The molecule has 0 aliphatic rings. The fourth-order valence-corrected chi connectivity index (χ4v) is 2.58. The van der Waals surface area contributed by atoms with Crippen molar-refractivity contribution in [1.82, 2.24) is 4.98 Å². The smallest absolute Gasteiger partial charge is 0.337 e. The molecule has 0 saturated carbocycles. The van der Waals surface area contributed by atoms with Crippen LogP contribution in [-0.2, 0) is 0 Å². The fraction of sp³-hybridized carbons (Fsp3) is 0.143. The molecule has 1 aromatic heterocycles. The van der Waals surface area contributed by atoms with Gasteiger partial charge in [0.15, 0.2) is 0 Å². The molecule has 0 unspecified atom stereocenters. The van der Waals surface area contributed by atoms with Gasteiger partial charge in [-0.1, -0.05) is 43.4 Å². The summed E-state index contributed by atoms with van der Waals surface area (Å²) in [5.41, 5.74) is 2.47. The summed E-state index contributed by atoms with van der Waals surface area (Å²) in [4.78, 5) is 4.44. The van der Waals surface area contributed by atoms with Gasteiger partial charge in [0.05, 0.1) is 0 Å². The second-order valence-corrected chi connectivity index (χ2v) is 8.96. The van der Waals surface area contributed by atoms with E-state index in [9.17, 15) is 0 Å². The molecule has 0 atom stereocenters. The summed E-state index contributed by atoms with van der Waals surface area (Å²) in [5.74, 6) is 0. The summed E-state index contributed by atoms with van der Waals surface area (Å²) in [6.07, 6.45) is 1.89. The maximum atomic E-state index is 4.44. The molecular formula is C14H16LiNSi. The molecule has 0 fully saturated rings. The molecule has 0 amide bonds. The molecule has 0 radical (unpaired) electrons. The van der Waals surface area contributed by atoms with Crippen LogP contribution in [0.15, 0.2) is 48.7 Å². The number of rotatable bonds is 2. The van der Waals surface area contributed by atoms with E-state index in [0.717, 1.165) is 5.32 Å². The van der Waals surface area contributed by atoms with Gasteiger partial charge in [-0.15, -0.1) is 0 Å². The first-order valence-corrected chi connectivity index (χ1v) is 8.65. The molecule has 0 bridgehead atoms. The van der Waals surface area contributed by atoms with Crippen LogP contribution in [0, 0.1) is 6.55 Å². The molecule has 0 N–H and O–H groups in total. The standard InChI is InChI=1S/C14H16NSi.Li/c1-16(2,3)14-11-13(9-10-15-14)12-7-5-4-6-8-12;/h4-11H,1H2,2-3H3;/q-1;+1. The molecule has 1 aromatic carbocycles. The van der Waals surface area contributed by atoms with E-state index in [1.54, 1.807) is 0 Å². The van der Waals surface area contributed by atoms with Crippen molar-refractivity contribution in [2.75, 3.05) is 0 Å². The van der Waals surface area contributed by atoms with Gasteiger partial charge in [-0.3, -0.25) is 4.98 Å². The van der Waals surface area contributed by atoms with Crippen molar-refractivity contribution in [2.45, 2.75) is 13.1 Å². The Morgan fingerprint density at radius 2 is 1.65 bits per heavy atom. The summed E-state index contributed by atoms with van der Waals surface area (Å²) in [6, 6.07) is 14.6. The van der Waals surface area contributed by atoms with E-state index >= 15 is 0 Å². The van der Waals surface area contributed by atoms with Gasteiger partial charge in [0.2, 0.25) is 0 Å². The van der Waals surface area contributed by atoms with Crippen LogP contribution >= 0.6 is 0 Å². The molecule has 1 heterocycles. The fourth-order valence-electron chi connectivity index (χ4n) is 1.61. The van der Waals surface area contributed by atoms with Gasteiger partial charge < -0.3 is 6.55 Å². The Hall–Kier alpha value is -0.816. The maximum absolute atomic E-state index is 4.44. The summed E-state index contributed by atoms with van der Waals surface area (Å²) in [6.45, 7) is 8.68. The van der Waals surface area contributed by atoms with Crippen molar-refractivity contribution in [3.63, 3.8) is 0 Å². The summed E-state index contributed by atoms with van der Waals surface area (Å²) in [7, 11) is -1.56. The van der Waals surface area contributed by atoms with Crippen LogP contribution in [0.25, 0.3) is 11.1 Å². The number of nitrogens with zero attached hydrogens (tertiary/aromatic N) is 1. The van der Waals surface area contributed by atoms with E-state index in [4.69, 9.17) is 0 Å². The van der Waals surface area contributed by atoms with E-state index in [2.05, 4.69) is 61.0 Å². The third-order valence-electron chi connectivity index (χ3n) is 2.56. The van der Waals surface area contributed by atoms with Crippen molar-refractivity contribution in [2.24, 2.45) is 0 Å². The van der Waals surface area contributed by atoms with Crippen molar-refractivity contribution in [3.05, 3.63) is 55.2 Å². The first kappa shape index (κ1) is 14.2. The molecule has 0 aliphatic heterocycles. The SMILES string of the molecule is [CH2-][Si](C)(C)c1cc(-c2ccccc2)ccn1.[Li+]. The Kier molecular flexibility index (Phi) is 4.76. The molecule has 3 heteroatoms. The summed E-state index contributed by atoms with van der Waals surface area (Å²) >= 11 is 0. The topological polar surface area (TPSA) is 12.9 Å². The number of pyridine rings is 1. The summed E-state index contributed by atoms with van der Waals surface area (Å²) < 4.78 is 0. The van der Waals surface area contributed by atoms with Crippen molar-refractivity contribution in [3.8, 4) is 11.1 Å². The number of aromatic nitrogens is 1. The summed E-state index contributed by atoms with van der Waals surface area (Å²) in [5, 5.41) is 1.16. The molecule has 0 saturated heterocycles. The number of hydrogen-bond donors (Lipinski definition) is 0. The van der Waals surface area contributed by atoms with Crippen molar-refractivity contribution >= 4 is 13.4 Å². The third-order valence-corrected chi connectivity index (χ3v) is 4.22. The van der Waals surface area contributed by atoms with Crippen LogP contribution in [-0.4, -0.2) is 13.1 Å². The zero-order valence-corrected chi connectivity index (χ0v) is 11.8. The molecule has 2 rings (SSSR count). The Bertz CT molecular complexity index is 477. The molecule has 17 heavy (non-hydrogen) atoms. The molecule has 2 aromatic rings. The second kappa shape index (κ2) is 5.68. The maximum Gasteiger partial charge on any atom is 1.00 e. The minimum Gasteiger partial charge on any atom is -0.337 e. The van der Waals surface area contributed by atoms with Gasteiger partial charge in [-0.05, 0) is 36.7 Å². The molecule has 0 aliphatic carbocycles. The number of benzene rings is 1. The van der Waals surface area contributed by atoms with Crippen LogP contribution in [0.3, 0.4) is 0 Å². The van der Waals surface area contributed by atoms with Gasteiger partial charge in [0.1, 0.15) is 0 Å². The first-order chi connectivity index (χ1) is 7.57. The largest absolute Gasteiger partial charge is 1.00 e. The zero-order valence-electron chi connectivity index (χ0n) is 10.8.